The van der Waals surface area contributed by atoms with Crippen LogP contribution in [-0.2, 0) is 6.54 Å². The number of amides is 1. The number of rotatable bonds is 5. The molecule has 1 saturated heterocycles. The molecule has 138 valence electrons. The molecule has 5 nitrogen and oxygen atoms in total. The molecule has 0 saturated carbocycles. The van der Waals surface area contributed by atoms with Crippen LogP contribution in [0.4, 0.5) is 10.1 Å². The maximum atomic E-state index is 13.7. The van der Waals surface area contributed by atoms with E-state index in [-0.39, 0.29) is 17.2 Å². The number of nitrogens with one attached hydrogen (secondary N) is 1. The van der Waals surface area contributed by atoms with E-state index in [1.165, 1.54) is 24.9 Å². The SMILES string of the molecule is COc1ccc(C(=O)NCc2ccc(N3CCN(C)CC3)cc2)cc1F. The Balaban J connectivity index is 1.56. The highest BCUT2D eigenvalue weighted by Gasteiger charge is 2.14. The molecule has 0 aromatic heterocycles. The molecule has 6 heteroatoms. The predicted octanol–water partition coefficient (Wildman–Crippen LogP) is 2.52. The molecule has 1 amide bonds. The van der Waals surface area contributed by atoms with Crippen molar-refractivity contribution in [1.82, 2.24) is 10.2 Å². The molecule has 1 N–H and O–H groups in total. The minimum absolute atomic E-state index is 0.126. The van der Waals surface area contributed by atoms with Crippen molar-refractivity contribution in [1.29, 1.82) is 0 Å². The van der Waals surface area contributed by atoms with E-state index < -0.39 is 5.82 Å². The number of carbonyl (C=O) groups excluding carboxylic acids is 1. The van der Waals surface area contributed by atoms with Gasteiger partial charge in [0.15, 0.2) is 11.6 Å². The Morgan fingerprint density at radius 2 is 1.81 bits per heavy atom. The third-order valence-electron chi connectivity index (χ3n) is 4.67. The van der Waals surface area contributed by atoms with E-state index in [4.69, 9.17) is 4.74 Å². The second kappa shape index (κ2) is 8.19. The van der Waals surface area contributed by atoms with Crippen molar-refractivity contribution in [3.05, 3.63) is 59.4 Å². The number of methoxy groups -OCH3 is 1. The van der Waals surface area contributed by atoms with E-state index in [0.717, 1.165) is 31.7 Å². The zero-order valence-electron chi connectivity index (χ0n) is 15.2. The van der Waals surface area contributed by atoms with Gasteiger partial charge in [-0.25, -0.2) is 4.39 Å². The van der Waals surface area contributed by atoms with Gasteiger partial charge in [-0.2, -0.15) is 0 Å². The molecule has 2 aromatic rings. The number of ether oxygens (including phenoxy) is 1. The summed E-state index contributed by atoms with van der Waals surface area (Å²) in [5, 5.41) is 2.82. The molecule has 26 heavy (non-hydrogen) atoms. The smallest absolute Gasteiger partial charge is 0.251 e. The summed E-state index contributed by atoms with van der Waals surface area (Å²) >= 11 is 0. The molecule has 2 aromatic carbocycles. The van der Waals surface area contributed by atoms with Crippen LogP contribution < -0.4 is 15.0 Å². The van der Waals surface area contributed by atoms with E-state index in [0.29, 0.717) is 6.54 Å². The fourth-order valence-electron chi connectivity index (χ4n) is 2.98. The Labute approximate surface area is 153 Å². The molecule has 0 unspecified atom stereocenters. The summed E-state index contributed by atoms with van der Waals surface area (Å²) in [6.07, 6.45) is 0. The molecule has 0 spiro atoms. The van der Waals surface area contributed by atoms with Crippen molar-refractivity contribution in [3.8, 4) is 5.75 Å². The van der Waals surface area contributed by atoms with Gasteiger partial charge >= 0.3 is 0 Å². The normalized spacial score (nSPS) is 15.0. The topological polar surface area (TPSA) is 44.8 Å². The van der Waals surface area contributed by atoms with Crippen LogP contribution in [-0.4, -0.2) is 51.1 Å². The van der Waals surface area contributed by atoms with Crippen molar-refractivity contribution in [2.45, 2.75) is 6.54 Å². The summed E-state index contributed by atoms with van der Waals surface area (Å²) in [7, 11) is 3.53. The van der Waals surface area contributed by atoms with Gasteiger partial charge in [0, 0.05) is 44.0 Å². The minimum atomic E-state index is -0.545. The van der Waals surface area contributed by atoms with Crippen molar-refractivity contribution in [2.75, 3.05) is 45.2 Å². The van der Waals surface area contributed by atoms with E-state index in [1.807, 2.05) is 12.1 Å². The predicted molar refractivity (Wildman–Crippen MR) is 100 cm³/mol. The highest BCUT2D eigenvalue weighted by molar-refractivity contribution is 5.94. The van der Waals surface area contributed by atoms with Crippen LogP contribution in [0.2, 0.25) is 0 Å². The quantitative estimate of drug-likeness (QED) is 0.893. The van der Waals surface area contributed by atoms with E-state index >= 15 is 0 Å². The summed E-state index contributed by atoms with van der Waals surface area (Å²) in [6, 6.07) is 12.4. The van der Waals surface area contributed by atoms with Gasteiger partial charge in [0.05, 0.1) is 7.11 Å². The number of hydrogen-bond acceptors (Lipinski definition) is 4. The lowest BCUT2D eigenvalue weighted by Gasteiger charge is -2.34. The summed E-state index contributed by atoms with van der Waals surface area (Å²) in [5.41, 5.74) is 2.48. The lowest BCUT2D eigenvalue weighted by atomic mass is 10.1. The van der Waals surface area contributed by atoms with Gasteiger partial charge in [0.1, 0.15) is 0 Å². The Hall–Kier alpha value is -2.60. The summed E-state index contributed by atoms with van der Waals surface area (Å²) in [5.74, 6) is -0.729. The van der Waals surface area contributed by atoms with E-state index in [9.17, 15) is 9.18 Å². The van der Waals surface area contributed by atoms with Crippen LogP contribution in [0.5, 0.6) is 5.75 Å². The standard InChI is InChI=1S/C20H24FN3O2/c1-23-9-11-24(12-10-23)17-6-3-15(4-7-17)14-22-20(25)16-5-8-19(26-2)18(21)13-16/h3-8,13H,9-12,14H2,1-2H3,(H,22,25). The second-order valence-corrected chi connectivity index (χ2v) is 6.49. The van der Waals surface area contributed by atoms with Crippen LogP contribution in [0.15, 0.2) is 42.5 Å². The van der Waals surface area contributed by atoms with Crippen molar-refractivity contribution < 1.29 is 13.9 Å². The summed E-state index contributed by atoms with van der Waals surface area (Å²) in [4.78, 5) is 16.9. The first-order valence-electron chi connectivity index (χ1n) is 8.71. The number of likely N-dealkylation sites (N-methyl/N-ethyl adjacent to an activating group) is 1. The first-order valence-corrected chi connectivity index (χ1v) is 8.71. The number of nitrogens with zero attached hydrogens (tertiary/aromatic N) is 2. The Morgan fingerprint density at radius 3 is 2.42 bits per heavy atom. The van der Waals surface area contributed by atoms with Gasteiger partial charge in [-0.05, 0) is 42.9 Å². The van der Waals surface area contributed by atoms with Crippen molar-refractivity contribution in [3.63, 3.8) is 0 Å². The van der Waals surface area contributed by atoms with Crippen LogP contribution in [0.3, 0.4) is 0 Å². The highest BCUT2D eigenvalue weighted by atomic mass is 19.1. The molecular weight excluding hydrogens is 333 g/mol. The molecule has 0 atom stereocenters. The average Bonchev–Trinajstić information content (AvgIpc) is 2.67. The number of benzene rings is 2. The van der Waals surface area contributed by atoms with Gasteiger partial charge in [-0.3, -0.25) is 4.79 Å². The molecule has 1 aliphatic heterocycles. The molecule has 0 bridgehead atoms. The fourth-order valence-corrected chi connectivity index (χ4v) is 2.98. The molecule has 0 aliphatic carbocycles. The first-order chi connectivity index (χ1) is 12.6. The maximum Gasteiger partial charge on any atom is 0.251 e. The summed E-state index contributed by atoms with van der Waals surface area (Å²) in [6.45, 7) is 4.58. The molecule has 1 heterocycles. The first kappa shape index (κ1) is 18.2. The lowest BCUT2D eigenvalue weighted by molar-refractivity contribution is 0.0950. The van der Waals surface area contributed by atoms with Crippen LogP contribution in [0.1, 0.15) is 15.9 Å². The fraction of sp³-hybridized carbons (Fsp3) is 0.350. The van der Waals surface area contributed by atoms with Gasteiger partial charge in [0.25, 0.3) is 5.91 Å². The second-order valence-electron chi connectivity index (χ2n) is 6.49. The zero-order chi connectivity index (χ0) is 18.5. The van der Waals surface area contributed by atoms with E-state index in [2.05, 4.69) is 34.3 Å². The Morgan fingerprint density at radius 1 is 1.12 bits per heavy atom. The molecule has 3 rings (SSSR count). The zero-order valence-corrected chi connectivity index (χ0v) is 15.2. The number of halogens is 1. The number of carbonyl (C=O) groups is 1. The average molecular weight is 357 g/mol. The third kappa shape index (κ3) is 4.32. The van der Waals surface area contributed by atoms with Crippen LogP contribution in [0.25, 0.3) is 0 Å². The molecule has 1 aliphatic rings. The van der Waals surface area contributed by atoms with Crippen LogP contribution >= 0.6 is 0 Å². The highest BCUT2D eigenvalue weighted by Crippen LogP contribution is 2.19. The Kier molecular flexibility index (Phi) is 5.73. The van der Waals surface area contributed by atoms with Crippen molar-refractivity contribution in [2.24, 2.45) is 0 Å². The molecule has 0 radical (unpaired) electrons. The lowest BCUT2D eigenvalue weighted by Crippen LogP contribution is -2.44. The van der Waals surface area contributed by atoms with Gasteiger partial charge in [-0.15, -0.1) is 0 Å². The number of hydrogen-bond donors (Lipinski definition) is 1. The number of anilines is 1. The van der Waals surface area contributed by atoms with Crippen molar-refractivity contribution >= 4 is 11.6 Å². The monoisotopic (exact) mass is 357 g/mol. The minimum Gasteiger partial charge on any atom is -0.494 e. The summed E-state index contributed by atoms with van der Waals surface area (Å²) < 4.78 is 18.6. The maximum absolute atomic E-state index is 13.7. The van der Waals surface area contributed by atoms with Gasteiger partial charge < -0.3 is 19.9 Å². The largest absolute Gasteiger partial charge is 0.494 e. The van der Waals surface area contributed by atoms with E-state index in [1.54, 1.807) is 6.07 Å². The third-order valence-corrected chi connectivity index (χ3v) is 4.67. The van der Waals surface area contributed by atoms with Crippen LogP contribution in [0, 0.1) is 5.82 Å². The van der Waals surface area contributed by atoms with Gasteiger partial charge in [-0.1, -0.05) is 12.1 Å². The molecule has 1 fully saturated rings. The van der Waals surface area contributed by atoms with Gasteiger partial charge in [0.2, 0.25) is 0 Å². The molecular formula is C20H24FN3O2. The Bertz CT molecular complexity index is 756. The number of piperazine rings is 1.